The number of halogens is 1. The van der Waals surface area contributed by atoms with E-state index in [4.69, 9.17) is 21.1 Å². The van der Waals surface area contributed by atoms with Crippen molar-refractivity contribution in [1.82, 2.24) is 4.90 Å². The Morgan fingerprint density at radius 1 is 1.22 bits per heavy atom. The number of ether oxygens (including phenoxy) is 2. The minimum atomic E-state index is -1.22. The van der Waals surface area contributed by atoms with Crippen LogP contribution >= 0.6 is 11.6 Å². The summed E-state index contributed by atoms with van der Waals surface area (Å²) < 4.78 is 12.6. The van der Waals surface area contributed by atoms with Crippen LogP contribution in [0.3, 0.4) is 0 Å². The topological polar surface area (TPSA) is 96.4 Å². The van der Waals surface area contributed by atoms with Crippen LogP contribution in [0.25, 0.3) is 0 Å². The third kappa shape index (κ3) is 5.35. The number of esters is 1. The molecule has 224 valence electrons. The Morgan fingerprint density at radius 3 is 2.51 bits per heavy atom. The Bertz CT molecular complexity index is 1160. The van der Waals surface area contributed by atoms with Gasteiger partial charge in [-0.3, -0.25) is 14.4 Å². The van der Waals surface area contributed by atoms with Crippen molar-refractivity contribution in [3.63, 3.8) is 0 Å². The third-order valence-electron chi connectivity index (χ3n) is 9.18. The number of amides is 2. The maximum Gasteiger partial charge on any atom is 0.312 e. The molecule has 1 N–H and O–H groups in total. The van der Waals surface area contributed by atoms with E-state index < -0.39 is 41.1 Å². The van der Waals surface area contributed by atoms with Gasteiger partial charge in [-0.15, -0.1) is 13.2 Å². The minimum absolute atomic E-state index is 0.148. The average molecular weight is 587 g/mol. The number of fused-ring (bicyclic) bond motifs is 1. The number of unbranched alkanes of at least 4 members (excludes halogenated alkanes) is 2. The molecule has 2 unspecified atom stereocenters. The van der Waals surface area contributed by atoms with E-state index in [1.54, 1.807) is 35.2 Å². The van der Waals surface area contributed by atoms with Crippen molar-refractivity contribution in [2.75, 3.05) is 24.7 Å². The first-order valence-corrected chi connectivity index (χ1v) is 15.1. The van der Waals surface area contributed by atoms with Crippen molar-refractivity contribution < 1.29 is 29.0 Å². The number of aliphatic hydroxyl groups excluding tert-OH is 1. The fourth-order valence-electron chi connectivity index (χ4n) is 7.15. The Labute approximate surface area is 248 Å². The number of nitrogens with zero attached hydrogens (tertiary/aromatic N) is 2. The molecule has 2 amide bonds. The van der Waals surface area contributed by atoms with Gasteiger partial charge in [-0.1, -0.05) is 44.5 Å². The molecule has 1 spiro atoms. The van der Waals surface area contributed by atoms with Gasteiger partial charge in [-0.05, 0) is 68.7 Å². The highest BCUT2D eigenvalue weighted by Crippen LogP contribution is 2.65. The molecule has 2 bridgehead atoms. The molecule has 0 aliphatic carbocycles. The summed E-state index contributed by atoms with van der Waals surface area (Å²) in [5.74, 6) is -2.99. The monoisotopic (exact) mass is 586 g/mol. The number of carbonyl (C=O) groups is 3. The number of rotatable bonds is 14. The largest absolute Gasteiger partial charge is 0.465 e. The van der Waals surface area contributed by atoms with Crippen LogP contribution in [0.4, 0.5) is 5.69 Å². The van der Waals surface area contributed by atoms with Crippen LogP contribution in [-0.2, 0) is 23.9 Å². The number of likely N-dealkylation sites (tertiary alicyclic amines) is 1. The molecule has 3 saturated heterocycles. The van der Waals surface area contributed by atoms with Gasteiger partial charge in [0.15, 0.2) is 0 Å². The molecule has 3 aliphatic rings. The predicted molar refractivity (Wildman–Crippen MR) is 158 cm³/mol. The molecular formula is C32H43ClN2O6. The van der Waals surface area contributed by atoms with E-state index in [9.17, 15) is 19.5 Å². The molecule has 0 radical (unpaired) electrons. The normalized spacial score (nSPS) is 29.0. The molecule has 0 saturated carbocycles. The second kappa shape index (κ2) is 12.7. The van der Waals surface area contributed by atoms with Crippen molar-refractivity contribution >= 4 is 35.1 Å². The quantitative estimate of drug-likeness (QED) is 0.189. The number of aliphatic hydroxyl groups is 1. The van der Waals surface area contributed by atoms with Gasteiger partial charge in [0.2, 0.25) is 5.91 Å². The van der Waals surface area contributed by atoms with Crippen LogP contribution < -0.4 is 4.90 Å². The van der Waals surface area contributed by atoms with Gasteiger partial charge in [-0.25, -0.2) is 0 Å². The summed E-state index contributed by atoms with van der Waals surface area (Å²) in [5, 5.41) is 11.0. The zero-order valence-electron chi connectivity index (χ0n) is 24.4. The lowest BCUT2D eigenvalue weighted by Crippen LogP contribution is -2.60. The van der Waals surface area contributed by atoms with E-state index in [-0.39, 0.29) is 37.5 Å². The summed E-state index contributed by atoms with van der Waals surface area (Å²) >= 11 is 6.13. The van der Waals surface area contributed by atoms with Crippen LogP contribution in [0.5, 0.6) is 0 Å². The van der Waals surface area contributed by atoms with E-state index in [0.717, 1.165) is 12.8 Å². The second-order valence-corrected chi connectivity index (χ2v) is 12.2. The van der Waals surface area contributed by atoms with Gasteiger partial charge in [0.05, 0.1) is 30.8 Å². The Morgan fingerprint density at radius 2 is 1.93 bits per heavy atom. The second-order valence-electron chi connectivity index (χ2n) is 11.7. The van der Waals surface area contributed by atoms with Crippen molar-refractivity contribution in [1.29, 1.82) is 0 Å². The number of hydrogen-bond acceptors (Lipinski definition) is 6. The number of anilines is 1. The number of benzene rings is 1. The standard InChI is InChI=1S/C32H43ClN2O6/c1-6-9-10-11-19-40-30(39)26-25-28(37)35(24(20-36)21(4)5)27(32(25)17-16-31(26,8-3)41-32)29(38)34(18-7-2)23-14-12-22(33)13-15-23/h6-7,12-15,21,24-27,36H,1-2,8-11,16-20H2,3-5H3/t24-,25-,26+,27?,31-,32?/m0/s1. The maximum absolute atomic E-state index is 14.7. The molecule has 8 nitrogen and oxygen atoms in total. The summed E-state index contributed by atoms with van der Waals surface area (Å²) in [6.45, 7) is 13.5. The summed E-state index contributed by atoms with van der Waals surface area (Å²) in [6, 6.07) is 5.23. The number of allylic oxidation sites excluding steroid dienone is 1. The Balaban J connectivity index is 1.78. The van der Waals surface area contributed by atoms with Crippen LogP contribution in [-0.4, -0.2) is 70.8 Å². The fourth-order valence-corrected chi connectivity index (χ4v) is 7.27. The molecule has 41 heavy (non-hydrogen) atoms. The van der Waals surface area contributed by atoms with Gasteiger partial charge in [-0.2, -0.15) is 0 Å². The molecule has 1 aromatic rings. The van der Waals surface area contributed by atoms with Crippen molar-refractivity contribution in [3.8, 4) is 0 Å². The summed E-state index contributed by atoms with van der Waals surface area (Å²) in [7, 11) is 0. The molecule has 3 heterocycles. The lowest BCUT2D eigenvalue weighted by molar-refractivity contribution is -0.162. The van der Waals surface area contributed by atoms with Gasteiger partial charge in [0.1, 0.15) is 17.6 Å². The molecular weight excluding hydrogens is 544 g/mol. The van der Waals surface area contributed by atoms with Crippen LogP contribution in [0.15, 0.2) is 49.6 Å². The molecule has 4 rings (SSSR count). The minimum Gasteiger partial charge on any atom is -0.465 e. The van der Waals surface area contributed by atoms with E-state index >= 15 is 0 Å². The Hall–Kier alpha value is -2.68. The van der Waals surface area contributed by atoms with Crippen LogP contribution in [0, 0.1) is 17.8 Å². The van der Waals surface area contributed by atoms with Gasteiger partial charge >= 0.3 is 5.97 Å². The molecule has 9 heteroatoms. The first-order valence-electron chi connectivity index (χ1n) is 14.7. The highest BCUT2D eigenvalue weighted by Gasteiger charge is 2.79. The zero-order chi connectivity index (χ0) is 29.9. The number of hydrogen-bond donors (Lipinski definition) is 1. The van der Waals surface area contributed by atoms with Gasteiger partial charge < -0.3 is 24.4 Å². The molecule has 1 aromatic carbocycles. The van der Waals surface area contributed by atoms with Crippen LogP contribution in [0.1, 0.15) is 59.3 Å². The predicted octanol–water partition coefficient (Wildman–Crippen LogP) is 4.93. The Kier molecular flexibility index (Phi) is 9.66. The van der Waals surface area contributed by atoms with E-state index in [2.05, 4.69) is 13.2 Å². The summed E-state index contributed by atoms with van der Waals surface area (Å²) in [6.07, 6.45) is 7.33. The average Bonchev–Trinajstić information content (AvgIpc) is 3.56. The van der Waals surface area contributed by atoms with E-state index in [1.165, 1.54) is 4.90 Å². The zero-order valence-corrected chi connectivity index (χ0v) is 25.1. The molecule has 3 aliphatic heterocycles. The van der Waals surface area contributed by atoms with Crippen molar-refractivity contribution in [2.24, 2.45) is 17.8 Å². The van der Waals surface area contributed by atoms with Crippen LogP contribution in [0.2, 0.25) is 5.02 Å². The van der Waals surface area contributed by atoms with E-state index in [0.29, 0.717) is 36.4 Å². The molecule has 0 aromatic heterocycles. The highest BCUT2D eigenvalue weighted by molar-refractivity contribution is 6.30. The third-order valence-corrected chi connectivity index (χ3v) is 9.44. The summed E-state index contributed by atoms with van der Waals surface area (Å²) in [4.78, 5) is 45.9. The number of carbonyl (C=O) groups excluding carboxylic acids is 3. The fraction of sp³-hybridized carbons (Fsp3) is 0.594. The smallest absolute Gasteiger partial charge is 0.312 e. The molecule has 3 fully saturated rings. The SMILES string of the molecule is C=CCCCCOC(=O)[C@H]1[C@H]2C(=O)N([C@@H](CO)C(C)C)C(C(=O)N(CC=C)c3ccc(Cl)cc3)C23CC[C@]1(CC)O3. The first-order chi connectivity index (χ1) is 19.6. The molecule has 6 atom stereocenters. The van der Waals surface area contributed by atoms with Gasteiger partial charge in [0, 0.05) is 17.3 Å². The van der Waals surface area contributed by atoms with Crippen molar-refractivity contribution in [2.45, 2.75) is 82.6 Å². The van der Waals surface area contributed by atoms with Gasteiger partial charge in [0.25, 0.3) is 5.91 Å². The van der Waals surface area contributed by atoms with E-state index in [1.807, 2.05) is 26.8 Å². The summed E-state index contributed by atoms with van der Waals surface area (Å²) in [5.41, 5.74) is -1.51. The first kappa shape index (κ1) is 31.3. The highest BCUT2D eigenvalue weighted by atomic mass is 35.5. The lowest BCUT2D eigenvalue weighted by Gasteiger charge is -2.40. The maximum atomic E-state index is 14.7. The lowest BCUT2D eigenvalue weighted by atomic mass is 9.65. The van der Waals surface area contributed by atoms with Crippen molar-refractivity contribution in [3.05, 3.63) is 54.6 Å².